The first-order valence-electron chi connectivity index (χ1n) is 4.31. The van der Waals surface area contributed by atoms with Gasteiger partial charge in [-0.15, -0.1) is 0 Å². The van der Waals surface area contributed by atoms with Crippen LogP contribution in [0, 0.1) is 6.58 Å². The molecule has 0 bridgehead atoms. The molecule has 0 aromatic heterocycles. The van der Waals surface area contributed by atoms with Crippen LogP contribution in [0.3, 0.4) is 0 Å². The van der Waals surface area contributed by atoms with Gasteiger partial charge in [-0.05, 0) is 12.1 Å². The van der Waals surface area contributed by atoms with Crippen molar-refractivity contribution in [2.45, 2.75) is 0 Å². The van der Waals surface area contributed by atoms with E-state index >= 15 is 0 Å². The predicted octanol–water partition coefficient (Wildman–Crippen LogP) is 2.67. The molecule has 1 rings (SSSR count). The molecule has 1 aromatic carbocycles. The minimum atomic E-state index is 0.873. The number of nitrogens with zero attached hydrogens (tertiary/aromatic N) is 1. The third-order valence-corrected chi connectivity index (χ3v) is 1.82. The second-order valence-corrected chi connectivity index (χ2v) is 2.84. The Morgan fingerprint density at radius 1 is 1.31 bits per heavy atom. The topological polar surface area (TPSA) is 3.24 Å². The molecule has 0 saturated carbocycles. The van der Waals surface area contributed by atoms with Crippen LogP contribution in [0.5, 0.6) is 0 Å². The van der Waals surface area contributed by atoms with E-state index in [-0.39, 0.29) is 0 Å². The largest absolute Gasteiger partial charge is 0.371 e. The summed E-state index contributed by atoms with van der Waals surface area (Å²) in [6.07, 6.45) is 5.41. The van der Waals surface area contributed by atoms with Gasteiger partial charge in [0.1, 0.15) is 0 Å². The molecule has 0 spiro atoms. The average molecular weight is 172 g/mol. The molecule has 13 heavy (non-hydrogen) atoms. The van der Waals surface area contributed by atoms with Crippen molar-refractivity contribution in [2.75, 3.05) is 18.5 Å². The Morgan fingerprint density at radius 3 is 2.62 bits per heavy atom. The molecule has 0 amide bonds. The van der Waals surface area contributed by atoms with Gasteiger partial charge in [-0.1, -0.05) is 43.0 Å². The highest BCUT2D eigenvalue weighted by Gasteiger charge is 1.94. The van der Waals surface area contributed by atoms with E-state index in [9.17, 15) is 0 Å². The van der Waals surface area contributed by atoms with E-state index in [1.807, 2.05) is 30.4 Å². The number of rotatable bonds is 4. The van der Waals surface area contributed by atoms with Crippen LogP contribution in [0.15, 0.2) is 48.6 Å². The Balaban J connectivity index is 2.53. The fourth-order valence-corrected chi connectivity index (χ4v) is 1.09. The molecule has 0 unspecified atom stereocenters. The number of likely N-dealkylation sites (N-methyl/N-ethyl adjacent to an activating group) is 1. The maximum Gasteiger partial charge on any atom is 0.0366 e. The molecule has 0 atom stereocenters. The zero-order chi connectivity index (χ0) is 9.52. The Morgan fingerprint density at radius 2 is 2.00 bits per heavy atom. The van der Waals surface area contributed by atoms with Crippen molar-refractivity contribution in [3.05, 3.63) is 55.1 Å². The van der Waals surface area contributed by atoms with Gasteiger partial charge in [0.25, 0.3) is 0 Å². The third kappa shape index (κ3) is 3.16. The fourth-order valence-electron chi connectivity index (χ4n) is 1.09. The number of hydrogen-bond acceptors (Lipinski definition) is 1. The Labute approximate surface area is 80.0 Å². The summed E-state index contributed by atoms with van der Waals surface area (Å²) < 4.78 is 0. The molecule has 0 heterocycles. The van der Waals surface area contributed by atoms with Crippen LogP contribution in [-0.4, -0.2) is 13.6 Å². The minimum absolute atomic E-state index is 0.873. The summed E-state index contributed by atoms with van der Waals surface area (Å²) in [7, 11) is 2.05. The summed E-state index contributed by atoms with van der Waals surface area (Å²) in [5.74, 6) is 0. The molecule has 1 heteroatoms. The lowest BCUT2D eigenvalue weighted by Gasteiger charge is -2.16. The smallest absolute Gasteiger partial charge is 0.0366 e. The standard InChI is InChI=1S/C12H14N/c1-3-4-8-11-13(2)12-9-6-5-7-10-12/h1,3-10H,11H2,2H3. The van der Waals surface area contributed by atoms with Crippen LogP contribution in [0.25, 0.3) is 0 Å². The summed E-state index contributed by atoms with van der Waals surface area (Å²) in [6.45, 7) is 6.10. The molecule has 1 nitrogen and oxygen atoms in total. The molecular weight excluding hydrogens is 158 g/mol. The van der Waals surface area contributed by atoms with E-state index in [2.05, 4.69) is 24.1 Å². The molecule has 0 fully saturated rings. The van der Waals surface area contributed by atoms with Gasteiger partial charge in [-0.2, -0.15) is 0 Å². The second-order valence-electron chi connectivity index (χ2n) is 2.84. The van der Waals surface area contributed by atoms with E-state index in [4.69, 9.17) is 6.58 Å². The van der Waals surface area contributed by atoms with Crippen molar-refractivity contribution >= 4 is 5.69 Å². The maximum atomic E-state index is 5.22. The first-order chi connectivity index (χ1) is 6.34. The molecule has 0 aliphatic heterocycles. The van der Waals surface area contributed by atoms with Crippen LogP contribution in [0.2, 0.25) is 0 Å². The maximum absolute atomic E-state index is 5.22. The molecule has 0 aliphatic carbocycles. The van der Waals surface area contributed by atoms with Crippen LogP contribution in [-0.2, 0) is 0 Å². The van der Waals surface area contributed by atoms with Gasteiger partial charge in [0, 0.05) is 19.3 Å². The lowest BCUT2D eigenvalue weighted by atomic mass is 10.3. The predicted molar refractivity (Wildman–Crippen MR) is 57.7 cm³/mol. The van der Waals surface area contributed by atoms with Crippen molar-refractivity contribution in [3.8, 4) is 0 Å². The minimum Gasteiger partial charge on any atom is -0.371 e. The van der Waals surface area contributed by atoms with Gasteiger partial charge in [0.2, 0.25) is 0 Å². The van der Waals surface area contributed by atoms with Gasteiger partial charge in [0.15, 0.2) is 0 Å². The zero-order valence-corrected chi connectivity index (χ0v) is 7.85. The van der Waals surface area contributed by atoms with Gasteiger partial charge >= 0.3 is 0 Å². The highest BCUT2D eigenvalue weighted by atomic mass is 15.1. The summed E-state index contributed by atoms with van der Waals surface area (Å²) in [5, 5.41) is 0. The summed E-state index contributed by atoms with van der Waals surface area (Å²) in [6, 6.07) is 10.2. The molecule has 1 radical (unpaired) electrons. The van der Waals surface area contributed by atoms with E-state index in [1.165, 1.54) is 5.69 Å². The quantitative estimate of drug-likeness (QED) is 0.631. The van der Waals surface area contributed by atoms with E-state index in [0.29, 0.717) is 0 Å². The normalized spacial score (nSPS) is 10.2. The first-order valence-corrected chi connectivity index (χ1v) is 4.31. The van der Waals surface area contributed by atoms with Crippen LogP contribution in [0.1, 0.15) is 0 Å². The monoisotopic (exact) mass is 172 g/mol. The van der Waals surface area contributed by atoms with Gasteiger partial charge < -0.3 is 4.90 Å². The first kappa shape index (κ1) is 9.59. The van der Waals surface area contributed by atoms with Crippen LogP contribution in [0.4, 0.5) is 5.69 Å². The fraction of sp³-hybridized carbons (Fsp3) is 0.167. The van der Waals surface area contributed by atoms with E-state index in [0.717, 1.165) is 6.54 Å². The van der Waals surface area contributed by atoms with Gasteiger partial charge in [-0.3, -0.25) is 0 Å². The van der Waals surface area contributed by atoms with E-state index < -0.39 is 0 Å². The Kier molecular flexibility index (Phi) is 3.83. The number of anilines is 1. The van der Waals surface area contributed by atoms with Crippen LogP contribution < -0.4 is 4.90 Å². The number of allylic oxidation sites excluding steroid dienone is 2. The molecule has 0 aliphatic rings. The Hall–Kier alpha value is -1.50. The molecular formula is C12H14N. The summed E-state index contributed by atoms with van der Waals surface area (Å²) in [4.78, 5) is 2.15. The number of hydrogen-bond donors (Lipinski definition) is 0. The molecule has 0 N–H and O–H groups in total. The second kappa shape index (κ2) is 5.20. The van der Waals surface area contributed by atoms with Crippen LogP contribution >= 0.6 is 0 Å². The third-order valence-electron chi connectivity index (χ3n) is 1.82. The highest BCUT2D eigenvalue weighted by molar-refractivity contribution is 5.45. The average Bonchev–Trinajstić information content (AvgIpc) is 2.19. The Bertz CT molecular complexity index is 274. The number of para-hydroxylation sites is 1. The highest BCUT2D eigenvalue weighted by Crippen LogP contribution is 2.09. The van der Waals surface area contributed by atoms with Crippen molar-refractivity contribution in [1.29, 1.82) is 0 Å². The number of benzene rings is 1. The van der Waals surface area contributed by atoms with Crippen molar-refractivity contribution < 1.29 is 0 Å². The summed E-state index contributed by atoms with van der Waals surface area (Å²) >= 11 is 0. The van der Waals surface area contributed by atoms with Gasteiger partial charge in [0.05, 0.1) is 0 Å². The van der Waals surface area contributed by atoms with Gasteiger partial charge in [-0.25, -0.2) is 0 Å². The zero-order valence-electron chi connectivity index (χ0n) is 7.85. The molecule has 1 aromatic rings. The molecule has 67 valence electrons. The van der Waals surface area contributed by atoms with Crippen molar-refractivity contribution in [2.24, 2.45) is 0 Å². The SMILES string of the molecule is [CH]=CC=CCN(C)c1ccccc1. The lowest BCUT2D eigenvalue weighted by Crippen LogP contribution is -2.16. The summed E-state index contributed by atoms with van der Waals surface area (Å²) in [5.41, 5.74) is 1.21. The lowest BCUT2D eigenvalue weighted by molar-refractivity contribution is 1.03. The van der Waals surface area contributed by atoms with E-state index in [1.54, 1.807) is 6.08 Å². The van der Waals surface area contributed by atoms with Crippen molar-refractivity contribution in [1.82, 2.24) is 0 Å². The molecule has 0 saturated heterocycles. The van der Waals surface area contributed by atoms with Crippen molar-refractivity contribution in [3.63, 3.8) is 0 Å².